The Morgan fingerprint density at radius 3 is 2.50 bits per heavy atom. The molecule has 0 aliphatic carbocycles. The number of hydrogen-bond acceptors (Lipinski definition) is 8. The summed E-state index contributed by atoms with van der Waals surface area (Å²) in [6.07, 6.45) is 7.38. The van der Waals surface area contributed by atoms with E-state index in [0.717, 1.165) is 5.52 Å². The van der Waals surface area contributed by atoms with Crippen LogP contribution >= 0.6 is 0 Å². The fraction of sp³-hybridized carbons (Fsp3) is 0. The van der Waals surface area contributed by atoms with E-state index in [0.29, 0.717) is 17.1 Å². The van der Waals surface area contributed by atoms with Gasteiger partial charge in [-0.2, -0.15) is 10.1 Å². The van der Waals surface area contributed by atoms with Crippen molar-refractivity contribution < 1.29 is 8.83 Å². The van der Waals surface area contributed by atoms with Crippen molar-refractivity contribution in [1.29, 1.82) is 0 Å². The molecule has 0 unspecified atom stereocenters. The minimum Gasteiger partial charge on any atom is -0.424 e. The Morgan fingerprint density at radius 1 is 0.778 bits per heavy atom. The van der Waals surface area contributed by atoms with Crippen molar-refractivity contribution in [3.63, 3.8) is 0 Å². The molecule has 0 aliphatic heterocycles. The van der Waals surface area contributed by atoms with Gasteiger partial charge in [0.15, 0.2) is 12.8 Å². The summed E-state index contributed by atoms with van der Waals surface area (Å²) in [7, 11) is 0. The molecule has 0 aromatic carbocycles. The summed E-state index contributed by atoms with van der Waals surface area (Å²) in [6, 6.07) is 1.74. The highest BCUT2D eigenvalue weighted by molar-refractivity contribution is 5.65. The molecule has 0 fully saturated rings. The minimum atomic E-state index is 0.484. The summed E-state index contributed by atoms with van der Waals surface area (Å²) in [5, 5.41) is 7.26. The van der Waals surface area contributed by atoms with E-state index in [4.69, 9.17) is 8.83 Å². The van der Waals surface area contributed by atoms with Crippen LogP contribution < -0.4 is 0 Å². The Hall–Kier alpha value is -2.90. The summed E-state index contributed by atoms with van der Waals surface area (Å²) in [6.45, 7) is 0. The van der Waals surface area contributed by atoms with Crippen LogP contribution in [0.2, 0.25) is 0 Å². The van der Waals surface area contributed by atoms with Crippen molar-refractivity contribution in [3.05, 3.63) is 37.4 Å². The first-order chi connectivity index (χ1) is 8.93. The van der Waals surface area contributed by atoms with Crippen LogP contribution in [-0.4, -0.2) is 30.1 Å². The zero-order valence-corrected chi connectivity index (χ0v) is 8.96. The number of nitrogens with zero attached hydrogens (tertiary/aromatic N) is 6. The molecule has 8 heteroatoms. The molecule has 0 saturated heterocycles. The van der Waals surface area contributed by atoms with Gasteiger partial charge in [0.25, 0.3) is 11.4 Å². The first-order valence-electron chi connectivity index (χ1n) is 4.94. The van der Waals surface area contributed by atoms with E-state index < -0.39 is 0 Å². The third kappa shape index (κ3) is 1.98. The van der Waals surface area contributed by atoms with Crippen LogP contribution in [-0.2, 0) is 0 Å². The predicted molar refractivity (Wildman–Crippen MR) is 59.2 cm³/mol. The number of rotatable bonds is 0. The zero-order valence-electron chi connectivity index (χ0n) is 8.96. The highest BCUT2D eigenvalue weighted by Gasteiger charge is 1.95. The second-order valence-corrected chi connectivity index (χ2v) is 3.11. The molecule has 4 aromatic heterocycles. The maximum atomic E-state index is 4.83. The molecule has 0 radical (unpaired) electrons. The smallest absolute Gasteiger partial charge is 0.266 e. The quantitative estimate of drug-likeness (QED) is 0.453. The lowest BCUT2D eigenvalue weighted by molar-refractivity contribution is 0.585. The van der Waals surface area contributed by atoms with E-state index in [1.165, 1.54) is 12.8 Å². The van der Waals surface area contributed by atoms with Crippen LogP contribution in [0.3, 0.4) is 0 Å². The lowest BCUT2D eigenvalue weighted by Gasteiger charge is -1.78. The van der Waals surface area contributed by atoms with E-state index in [1.54, 1.807) is 24.7 Å². The normalized spacial score (nSPS) is 10.2. The molecule has 0 amide bonds. The van der Waals surface area contributed by atoms with Crippen LogP contribution in [0.25, 0.3) is 22.6 Å². The van der Waals surface area contributed by atoms with Crippen molar-refractivity contribution in [2.24, 2.45) is 0 Å². The summed E-state index contributed by atoms with van der Waals surface area (Å²) < 4.78 is 9.67. The van der Waals surface area contributed by atoms with Gasteiger partial charge in [0.05, 0.1) is 6.20 Å². The molecule has 18 heavy (non-hydrogen) atoms. The monoisotopic (exact) mass is 242 g/mol. The van der Waals surface area contributed by atoms with Crippen molar-refractivity contribution in [2.75, 3.05) is 0 Å². The minimum absolute atomic E-state index is 0.484. The predicted octanol–water partition coefficient (Wildman–Crippen LogP) is 1.24. The van der Waals surface area contributed by atoms with Gasteiger partial charge >= 0.3 is 0 Å². The molecule has 4 rings (SSSR count). The van der Waals surface area contributed by atoms with Crippen LogP contribution in [0, 0.1) is 0 Å². The molecule has 0 N–H and O–H groups in total. The maximum Gasteiger partial charge on any atom is 0.266 e. The van der Waals surface area contributed by atoms with Crippen LogP contribution in [0.1, 0.15) is 0 Å². The van der Waals surface area contributed by atoms with Crippen LogP contribution in [0.15, 0.2) is 46.3 Å². The first-order valence-corrected chi connectivity index (χ1v) is 4.94. The van der Waals surface area contributed by atoms with Crippen molar-refractivity contribution in [2.45, 2.75) is 0 Å². The second-order valence-electron chi connectivity index (χ2n) is 3.11. The topological polar surface area (TPSA) is 104 Å². The lowest BCUT2D eigenvalue weighted by atomic mass is 10.5. The Labute approximate surface area is 99.7 Å². The Morgan fingerprint density at radius 2 is 1.61 bits per heavy atom. The third-order valence-electron chi connectivity index (χ3n) is 2.01. The van der Waals surface area contributed by atoms with Gasteiger partial charge in [0, 0.05) is 12.4 Å². The fourth-order valence-corrected chi connectivity index (χ4v) is 1.24. The van der Waals surface area contributed by atoms with Crippen LogP contribution in [0.4, 0.5) is 0 Å². The molecule has 4 aromatic rings. The molecule has 88 valence electrons. The highest BCUT2D eigenvalue weighted by Crippen LogP contribution is 2.04. The second kappa shape index (κ2) is 4.53. The third-order valence-corrected chi connectivity index (χ3v) is 2.01. The van der Waals surface area contributed by atoms with E-state index >= 15 is 0 Å². The van der Waals surface area contributed by atoms with Gasteiger partial charge in [0.1, 0.15) is 5.52 Å². The number of hydrogen-bond donors (Lipinski definition) is 0. The lowest BCUT2D eigenvalue weighted by Crippen LogP contribution is -1.76. The van der Waals surface area contributed by atoms with Gasteiger partial charge in [-0.15, -0.1) is 5.10 Å². The van der Waals surface area contributed by atoms with Crippen molar-refractivity contribution in [3.8, 4) is 0 Å². The van der Waals surface area contributed by atoms with Gasteiger partial charge < -0.3 is 8.83 Å². The molecule has 0 aliphatic rings. The van der Waals surface area contributed by atoms with E-state index in [9.17, 15) is 0 Å². The van der Waals surface area contributed by atoms with E-state index in [-0.39, 0.29) is 0 Å². The van der Waals surface area contributed by atoms with Gasteiger partial charge in [-0.1, -0.05) is 0 Å². The summed E-state index contributed by atoms with van der Waals surface area (Å²) in [5.74, 6) is 0. The Kier molecular flexibility index (Phi) is 2.59. The standard InChI is InChI=1S/2C5H3N3O/c1-2-7-5-4(6-1)8-3-9-5;1-2-7-8-5-4(1)6-3-9-5/h2*1-3H. The maximum absolute atomic E-state index is 4.83. The average molecular weight is 242 g/mol. The molecule has 0 saturated carbocycles. The summed E-state index contributed by atoms with van der Waals surface area (Å²) in [4.78, 5) is 15.4. The van der Waals surface area contributed by atoms with E-state index in [1.807, 2.05) is 0 Å². The molecule has 4 heterocycles. The van der Waals surface area contributed by atoms with Gasteiger partial charge in [-0.05, 0) is 6.07 Å². The highest BCUT2D eigenvalue weighted by atomic mass is 16.3. The molecular weight excluding hydrogens is 236 g/mol. The SMILES string of the molecule is c1cc2ncoc2nn1.c1cnc2ocnc2n1. The molecular formula is C10H6N6O2. The number of oxazole rings is 2. The van der Waals surface area contributed by atoms with Gasteiger partial charge in [-0.25, -0.2) is 15.0 Å². The molecule has 0 atom stereocenters. The number of aromatic nitrogens is 6. The largest absolute Gasteiger partial charge is 0.424 e. The first kappa shape index (κ1) is 10.3. The van der Waals surface area contributed by atoms with Crippen molar-refractivity contribution >= 4 is 22.6 Å². The fourth-order valence-electron chi connectivity index (χ4n) is 1.24. The van der Waals surface area contributed by atoms with Gasteiger partial charge in [-0.3, -0.25) is 0 Å². The van der Waals surface area contributed by atoms with Crippen molar-refractivity contribution in [1.82, 2.24) is 30.1 Å². The summed E-state index contributed by atoms with van der Waals surface area (Å²) >= 11 is 0. The Bertz CT molecular complexity index is 638. The van der Waals surface area contributed by atoms with E-state index in [2.05, 4.69) is 30.1 Å². The zero-order chi connectivity index (χ0) is 12.2. The molecule has 0 bridgehead atoms. The Balaban J connectivity index is 0.000000111. The van der Waals surface area contributed by atoms with Gasteiger partial charge in [0.2, 0.25) is 5.65 Å². The number of fused-ring (bicyclic) bond motifs is 2. The van der Waals surface area contributed by atoms with Crippen LogP contribution in [0.5, 0.6) is 0 Å². The average Bonchev–Trinajstić information content (AvgIpc) is 3.08. The molecule has 8 nitrogen and oxygen atoms in total. The summed E-state index contributed by atoms with van der Waals surface area (Å²) in [5.41, 5.74) is 2.26. The molecule has 0 spiro atoms.